The van der Waals surface area contributed by atoms with Gasteiger partial charge in [0.2, 0.25) is 11.8 Å². The number of likely N-dealkylation sites (N-methyl/N-ethyl adjacent to an activating group) is 1. The molecule has 1 fully saturated rings. The highest BCUT2D eigenvalue weighted by molar-refractivity contribution is 5.94. The Hall–Kier alpha value is -2.35. The van der Waals surface area contributed by atoms with E-state index in [2.05, 4.69) is 10.6 Å². The van der Waals surface area contributed by atoms with Crippen LogP contribution in [0.25, 0.3) is 6.08 Å². The van der Waals surface area contributed by atoms with Gasteiger partial charge in [0.05, 0.1) is 12.1 Å². The van der Waals surface area contributed by atoms with Crippen molar-refractivity contribution in [2.24, 2.45) is 0 Å². The number of amides is 2. The van der Waals surface area contributed by atoms with Crippen LogP contribution < -0.4 is 10.6 Å². The third kappa shape index (κ3) is 5.60. The van der Waals surface area contributed by atoms with Crippen molar-refractivity contribution in [3.8, 4) is 0 Å². The molecule has 1 aromatic rings. The van der Waals surface area contributed by atoms with Crippen LogP contribution in [0.4, 0.5) is 13.2 Å². The van der Waals surface area contributed by atoms with Crippen LogP contribution in [-0.2, 0) is 15.8 Å². The minimum Gasteiger partial charge on any atom is -0.343 e. The van der Waals surface area contributed by atoms with E-state index in [1.165, 1.54) is 24.3 Å². The Balaban J connectivity index is 1.80. The maximum Gasteiger partial charge on any atom is 0.416 e. The predicted molar refractivity (Wildman–Crippen MR) is 87.5 cm³/mol. The lowest BCUT2D eigenvalue weighted by Gasteiger charge is -2.16. The van der Waals surface area contributed by atoms with Crippen LogP contribution >= 0.6 is 0 Å². The molecule has 1 saturated heterocycles. The Bertz CT molecular complexity index is 642. The Morgan fingerprint density at radius 2 is 1.96 bits per heavy atom. The third-order valence-electron chi connectivity index (χ3n) is 4.03. The molecule has 0 aromatic heterocycles. The summed E-state index contributed by atoms with van der Waals surface area (Å²) in [4.78, 5) is 25.4. The SMILES string of the molecule is CN[C@H]1CCN(C(=O)CNC(=O)/C=C/c2ccc(C(F)(F)F)cc2)C1. The van der Waals surface area contributed by atoms with Gasteiger partial charge in [0.1, 0.15) is 0 Å². The maximum absolute atomic E-state index is 12.5. The number of halogens is 3. The van der Waals surface area contributed by atoms with E-state index in [1.54, 1.807) is 4.90 Å². The largest absolute Gasteiger partial charge is 0.416 e. The van der Waals surface area contributed by atoms with Gasteiger partial charge < -0.3 is 15.5 Å². The molecular formula is C17H20F3N3O2. The number of rotatable bonds is 5. The van der Waals surface area contributed by atoms with Gasteiger partial charge in [0.15, 0.2) is 0 Å². The molecule has 0 unspecified atom stereocenters. The number of alkyl halides is 3. The lowest BCUT2D eigenvalue weighted by atomic mass is 10.1. The highest BCUT2D eigenvalue weighted by atomic mass is 19.4. The third-order valence-corrected chi connectivity index (χ3v) is 4.03. The minimum absolute atomic E-state index is 0.105. The standard InChI is InChI=1S/C17H20F3N3O2/c1-21-14-8-9-23(11-14)16(25)10-22-15(24)7-4-12-2-5-13(6-3-12)17(18,19)20/h2-7,14,21H,8-11H2,1H3,(H,22,24)/b7-4+/t14-/m0/s1. The summed E-state index contributed by atoms with van der Waals surface area (Å²) in [5.74, 6) is -0.633. The number of hydrogen-bond donors (Lipinski definition) is 2. The molecule has 0 saturated carbocycles. The van der Waals surface area contributed by atoms with Gasteiger partial charge >= 0.3 is 6.18 Å². The van der Waals surface area contributed by atoms with E-state index in [1.807, 2.05) is 7.05 Å². The molecule has 25 heavy (non-hydrogen) atoms. The number of hydrogen-bond acceptors (Lipinski definition) is 3. The van der Waals surface area contributed by atoms with E-state index >= 15 is 0 Å². The van der Waals surface area contributed by atoms with E-state index in [0.29, 0.717) is 18.7 Å². The summed E-state index contributed by atoms with van der Waals surface area (Å²) in [5.41, 5.74) is -0.281. The van der Waals surface area contributed by atoms with Crippen LogP contribution in [0.3, 0.4) is 0 Å². The molecule has 0 bridgehead atoms. The highest BCUT2D eigenvalue weighted by Gasteiger charge is 2.29. The molecule has 1 heterocycles. The van der Waals surface area contributed by atoms with E-state index in [4.69, 9.17) is 0 Å². The van der Waals surface area contributed by atoms with Crippen LogP contribution in [0.2, 0.25) is 0 Å². The smallest absolute Gasteiger partial charge is 0.343 e. The van der Waals surface area contributed by atoms with Gasteiger partial charge in [-0.25, -0.2) is 0 Å². The lowest BCUT2D eigenvalue weighted by molar-refractivity contribution is -0.137. The maximum atomic E-state index is 12.5. The zero-order chi connectivity index (χ0) is 18.4. The van der Waals surface area contributed by atoms with Gasteiger partial charge in [0, 0.05) is 25.2 Å². The van der Waals surface area contributed by atoms with Crippen LogP contribution in [0.1, 0.15) is 17.5 Å². The molecule has 0 aliphatic carbocycles. The molecule has 5 nitrogen and oxygen atoms in total. The molecule has 2 amide bonds. The van der Waals surface area contributed by atoms with Gasteiger partial charge in [-0.2, -0.15) is 13.2 Å². The van der Waals surface area contributed by atoms with E-state index in [9.17, 15) is 22.8 Å². The van der Waals surface area contributed by atoms with Gasteiger partial charge in [-0.1, -0.05) is 12.1 Å². The fourth-order valence-electron chi connectivity index (χ4n) is 2.51. The van der Waals surface area contributed by atoms with Crippen molar-refractivity contribution in [2.45, 2.75) is 18.6 Å². The molecular weight excluding hydrogens is 335 g/mol. The van der Waals surface area contributed by atoms with Crippen LogP contribution in [-0.4, -0.2) is 49.4 Å². The normalized spacial score (nSPS) is 17.9. The van der Waals surface area contributed by atoms with Crippen molar-refractivity contribution >= 4 is 17.9 Å². The summed E-state index contributed by atoms with van der Waals surface area (Å²) in [6, 6.07) is 4.73. The molecule has 1 aliphatic rings. The second kappa shape index (κ2) is 8.15. The van der Waals surface area contributed by atoms with E-state index in [-0.39, 0.29) is 18.5 Å². The number of carbonyl (C=O) groups excluding carboxylic acids is 2. The minimum atomic E-state index is -4.39. The van der Waals surface area contributed by atoms with Crippen LogP contribution in [0.5, 0.6) is 0 Å². The molecule has 1 aliphatic heterocycles. The van der Waals surface area contributed by atoms with Gasteiger partial charge in [-0.05, 0) is 37.2 Å². The average Bonchev–Trinajstić information content (AvgIpc) is 3.06. The zero-order valence-corrected chi connectivity index (χ0v) is 13.8. The summed E-state index contributed by atoms with van der Waals surface area (Å²) < 4.78 is 37.4. The molecule has 0 spiro atoms. The molecule has 1 aromatic carbocycles. The molecule has 0 radical (unpaired) electrons. The summed E-state index contributed by atoms with van der Waals surface area (Å²) in [6.45, 7) is 1.17. The highest BCUT2D eigenvalue weighted by Crippen LogP contribution is 2.29. The van der Waals surface area contributed by atoms with Crippen LogP contribution in [0, 0.1) is 0 Å². The van der Waals surface area contributed by atoms with Gasteiger partial charge in [-0.15, -0.1) is 0 Å². The summed E-state index contributed by atoms with van der Waals surface area (Å²) in [7, 11) is 1.84. The first kappa shape index (κ1) is 19.0. The molecule has 8 heteroatoms. The zero-order valence-electron chi connectivity index (χ0n) is 13.8. The average molecular weight is 355 g/mol. The Kier molecular flexibility index (Phi) is 6.19. The van der Waals surface area contributed by atoms with Crippen molar-refractivity contribution < 1.29 is 22.8 Å². The van der Waals surface area contributed by atoms with Gasteiger partial charge in [-0.3, -0.25) is 9.59 Å². The van der Waals surface area contributed by atoms with E-state index in [0.717, 1.165) is 18.6 Å². The molecule has 2 rings (SSSR count). The lowest BCUT2D eigenvalue weighted by Crippen LogP contribution is -2.40. The fraction of sp³-hybridized carbons (Fsp3) is 0.412. The van der Waals surface area contributed by atoms with Crippen molar-refractivity contribution in [2.75, 3.05) is 26.7 Å². The van der Waals surface area contributed by atoms with Crippen molar-refractivity contribution in [1.82, 2.24) is 15.5 Å². The molecule has 2 N–H and O–H groups in total. The number of benzene rings is 1. The number of nitrogens with zero attached hydrogens (tertiary/aromatic N) is 1. The Labute approximate surface area is 143 Å². The van der Waals surface area contributed by atoms with Crippen LogP contribution in [0.15, 0.2) is 30.3 Å². The summed E-state index contributed by atoms with van der Waals surface area (Å²) in [6.07, 6.45) is -0.922. The topological polar surface area (TPSA) is 61.4 Å². The summed E-state index contributed by atoms with van der Waals surface area (Å²) in [5, 5.41) is 5.58. The quantitative estimate of drug-likeness (QED) is 0.790. The Morgan fingerprint density at radius 3 is 2.52 bits per heavy atom. The fourth-order valence-corrected chi connectivity index (χ4v) is 2.51. The predicted octanol–water partition coefficient (Wildman–Crippen LogP) is 1.66. The first-order valence-corrected chi connectivity index (χ1v) is 7.88. The summed E-state index contributed by atoms with van der Waals surface area (Å²) >= 11 is 0. The second-order valence-corrected chi connectivity index (χ2v) is 5.78. The monoisotopic (exact) mass is 355 g/mol. The first-order chi connectivity index (χ1) is 11.8. The van der Waals surface area contributed by atoms with Gasteiger partial charge in [0.25, 0.3) is 0 Å². The van der Waals surface area contributed by atoms with E-state index < -0.39 is 17.6 Å². The number of carbonyl (C=O) groups is 2. The second-order valence-electron chi connectivity index (χ2n) is 5.78. The number of likely N-dealkylation sites (tertiary alicyclic amines) is 1. The van der Waals surface area contributed by atoms with Crippen molar-refractivity contribution in [1.29, 1.82) is 0 Å². The molecule has 136 valence electrons. The van der Waals surface area contributed by atoms with Crippen molar-refractivity contribution in [3.05, 3.63) is 41.5 Å². The first-order valence-electron chi connectivity index (χ1n) is 7.88. The molecule has 1 atom stereocenters. The van der Waals surface area contributed by atoms with Crippen molar-refractivity contribution in [3.63, 3.8) is 0 Å². The number of nitrogens with one attached hydrogen (secondary N) is 2. The Morgan fingerprint density at radius 1 is 1.28 bits per heavy atom.